The third-order valence-electron chi connectivity index (χ3n) is 3.84. The Hall–Kier alpha value is -1.20. The van der Waals surface area contributed by atoms with Gasteiger partial charge in [-0.25, -0.2) is 9.97 Å². The first-order valence-electron chi connectivity index (χ1n) is 7.01. The van der Waals surface area contributed by atoms with Crippen molar-refractivity contribution in [2.45, 2.75) is 32.2 Å². The summed E-state index contributed by atoms with van der Waals surface area (Å²) in [6.45, 7) is 5.72. The van der Waals surface area contributed by atoms with Gasteiger partial charge in [0, 0.05) is 12.6 Å². The van der Waals surface area contributed by atoms with E-state index < -0.39 is 0 Å². The van der Waals surface area contributed by atoms with Crippen LogP contribution < -0.4 is 5.32 Å². The second-order valence-electron chi connectivity index (χ2n) is 5.19. The highest BCUT2D eigenvalue weighted by Crippen LogP contribution is 2.23. The van der Waals surface area contributed by atoms with E-state index in [0.717, 1.165) is 22.6 Å². The van der Waals surface area contributed by atoms with Gasteiger partial charge in [-0.3, -0.25) is 4.90 Å². The maximum Gasteiger partial charge on any atom is 0.138 e. The van der Waals surface area contributed by atoms with Crippen LogP contribution in [0.25, 0.3) is 10.2 Å². The number of nitrogens with zero attached hydrogens (tertiary/aromatic N) is 3. The van der Waals surface area contributed by atoms with Crippen molar-refractivity contribution in [1.29, 1.82) is 0 Å². The number of rotatable bonds is 4. The largest absolute Gasteiger partial charge is 0.368 e. The summed E-state index contributed by atoms with van der Waals surface area (Å²) in [6.07, 6.45) is 5.71. The highest BCUT2D eigenvalue weighted by molar-refractivity contribution is 7.16. The van der Waals surface area contributed by atoms with Crippen LogP contribution in [-0.4, -0.2) is 40.5 Å². The van der Waals surface area contributed by atoms with Crippen LogP contribution in [0.15, 0.2) is 17.8 Å². The number of piperidine rings is 1. The first-order valence-corrected chi connectivity index (χ1v) is 7.88. The Labute approximate surface area is 117 Å². The lowest BCUT2D eigenvalue weighted by Crippen LogP contribution is -2.41. The van der Waals surface area contributed by atoms with Gasteiger partial charge in [-0.05, 0) is 44.3 Å². The van der Waals surface area contributed by atoms with Gasteiger partial charge in [0.2, 0.25) is 0 Å². The molecule has 1 saturated heterocycles. The zero-order valence-electron chi connectivity index (χ0n) is 11.3. The molecule has 1 N–H and O–H groups in total. The molecule has 102 valence electrons. The third-order valence-corrected chi connectivity index (χ3v) is 4.66. The van der Waals surface area contributed by atoms with Gasteiger partial charge < -0.3 is 5.32 Å². The monoisotopic (exact) mass is 276 g/mol. The predicted octanol–water partition coefficient (Wildman–Crippen LogP) is 2.98. The van der Waals surface area contributed by atoms with E-state index in [1.54, 1.807) is 17.7 Å². The molecule has 2 aromatic heterocycles. The van der Waals surface area contributed by atoms with E-state index >= 15 is 0 Å². The predicted molar refractivity (Wildman–Crippen MR) is 80.8 cm³/mol. The van der Waals surface area contributed by atoms with Gasteiger partial charge in [0.1, 0.15) is 17.0 Å². The van der Waals surface area contributed by atoms with Gasteiger partial charge in [0.25, 0.3) is 0 Å². The van der Waals surface area contributed by atoms with Gasteiger partial charge in [0.15, 0.2) is 0 Å². The lowest BCUT2D eigenvalue weighted by atomic mass is 10.1. The number of aromatic nitrogens is 2. The average Bonchev–Trinajstić information content (AvgIpc) is 2.94. The number of likely N-dealkylation sites (tertiary alicyclic amines) is 1. The first-order chi connectivity index (χ1) is 9.34. The molecule has 1 unspecified atom stereocenters. The van der Waals surface area contributed by atoms with Gasteiger partial charge >= 0.3 is 0 Å². The lowest BCUT2D eigenvalue weighted by molar-refractivity contribution is 0.180. The van der Waals surface area contributed by atoms with Crippen molar-refractivity contribution in [3.05, 3.63) is 17.8 Å². The average molecular weight is 276 g/mol. The van der Waals surface area contributed by atoms with Crippen molar-refractivity contribution < 1.29 is 0 Å². The highest BCUT2D eigenvalue weighted by atomic mass is 32.1. The minimum atomic E-state index is 0.559. The van der Waals surface area contributed by atoms with Crippen molar-refractivity contribution >= 4 is 27.4 Å². The molecular formula is C14H20N4S. The van der Waals surface area contributed by atoms with Crippen LogP contribution in [0.2, 0.25) is 0 Å². The zero-order chi connectivity index (χ0) is 13.1. The van der Waals surface area contributed by atoms with E-state index in [1.807, 2.05) is 0 Å². The molecule has 1 fully saturated rings. The van der Waals surface area contributed by atoms with Crippen molar-refractivity contribution in [3.63, 3.8) is 0 Å². The maximum absolute atomic E-state index is 4.36. The highest BCUT2D eigenvalue weighted by Gasteiger charge is 2.16. The molecule has 2 aromatic rings. The number of hydrogen-bond acceptors (Lipinski definition) is 5. The molecule has 19 heavy (non-hydrogen) atoms. The fourth-order valence-electron chi connectivity index (χ4n) is 2.66. The van der Waals surface area contributed by atoms with Crippen LogP contribution in [-0.2, 0) is 0 Å². The summed E-state index contributed by atoms with van der Waals surface area (Å²) in [7, 11) is 0. The molecule has 1 atom stereocenters. The van der Waals surface area contributed by atoms with Crippen LogP contribution in [0.5, 0.6) is 0 Å². The molecule has 0 saturated carbocycles. The Balaban J connectivity index is 1.63. The Morgan fingerprint density at radius 3 is 3.00 bits per heavy atom. The molecule has 0 spiro atoms. The van der Waals surface area contributed by atoms with Gasteiger partial charge in [0.05, 0.1) is 5.39 Å². The number of nitrogens with one attached hydrogen (secondary N) is 1. The molecule has 0 aliphatic carbocycles. The van der Waals surface area contributed by atoms with Crippen LogP contribution in [0, 0.1) is 0 Å². The van der Waals surface area contributed by atoms with E-state index in [1.165, 1.54) is 32.4 Å². The van der Waals surface area contributed by atoms with E-state index in [-0.39, 0.29) is 0 Å². The maximum atomic E-state index is 4.36. The smallest absolute Gasteiger partial charge is 0.138 e. The van der Waals surface area contributed by atoms with Crippen LogP contribution in [0.4, 0.5) is 5.82 Å². The first kappa shape index (κ1) is 12.8. The molecule has 0 bridgehead atoms. The topological polar surface area (TPSA) is 41.1 Å². The summed E-state index contributed by atoms with van der Waals surface area (Å²) < 4.78 is 0. The quantitative estimate of drug-likeness (QED) is 0.932. The van der Waals surface area contributed by atoms with Crippen LogP contribution in [0.3, 0.4) is 0 Å². The van der Waals surface area contributed by atoms with Crippen molar-refractivity contribution in [3.8, 4) is 0 Å². The molecule has 3 rings (SSSR count). The number of anilines is 1. The summed E-state index contributed by atoms with van der Waals surface area (Å²) in [4.78, 5) is 12.3. The van der Waals surface area contributed by atoms with Crippen molar-refractivity contribution in [2.24, 2.45) is 0 Å². The molecule has 4 nitrogen and oxygen atoms in total. The van der Waals surface area contributed by atoms with Crippen LogP contribution in [0.1, 0.15) is 26.2 Å². The fourth-order valence-corrected chi connectivity index (χ4v) is 3.40. The minimum Gasteiger partial charge on any atom is -0.368 e. The summed E-state index contributed by atoms with van der Waals surface area (Å²) in [5, 5.41) is 6.69. The second kappa shape index (κ2) is 5.84. The number of thiophene rings is 1. The van der Waals surface area contributed by atoms with Gasteiger partial charge in [-0.1, -0.05) is 6.42 Å². The van der Waals surface area contributed by atoms with E-state index in [4.69, 9.17) is 0 Å². The second-order valence-corrected chi connectivity index (χ2v) is 6.08. The Kier molecular flexibility index (Phi) is 3.94. The SMILES string of the molecule is CC(CNc1ncnc2sccc12)N1CCCCC1. The Bertz CT molecular complexity index is 533. The van der Waals surface area contributed by atoms with E-state index in [9.17, 15) is 0 Å². The summed E-state index contributed by atoms with van der Waals surface area (Å²) in [5.74, 6) is 0.968. The summed E-state index contributed by atoms with van der Waals surface area (Å²) >= 11 is 1.66. The van der Waals surface area contributed by atoms with Crippen LogP contribution >= 0.6 is 11.3 Å². The minimum absolute atomic E-state index is 0.559. The molecule has 3 heterocycles. The van der Waals surface area contributed by atoms with E-state index in [0.29, 0.717) is 6.04 Å². The zero-order valence-corrected chi connectivity index (χ0v) is 12.1. The van der Waals surface area contributed by atoms with Crippen molar-refractivity contribution in [2.75, 3.05) is 25.0 Å². The Morgan fingerprint density at radius 1 is 1.32 bits per heavy atom. The van der Waals surface area contributed by atoms with Gasteiger partial charge in [-0.15, -0.1) is 11.3 Å². The molecule has 0 radical (unpaired) electrons. The summed E-state index contributed by atoms with van der Waals surface area (Å²) in [5.41, 5.74) is 0. The lowest BCUT2D eigenvalue weighted by Gasteiger charge is -2.32. The molecule has 0 aromatic carbocycles. The summed E-state index contributed by atoms with van der Waals surface area (Å²) in [6, 6.07) is 2.65. The number of hydrogen-bond donors (Lipinski definition) is 1. The molecule has 0 amide bonds. The fraction of sp³-hybridized carbons (Fsp3) is 0.571. The molecule has 1 aliphatic heterocycles. The number of fused-ring (bicyclic) bond motifs is 1. The molecule has 1 aliphatic rings. The normalized spacial score (nSPS) is 18.6. The van der Waals surface area contributed by atoms with E-state index in [2.05, 4.69) is 38.6 Å². The van der Waals surface area contributed by atoms with Gasteiger partial charge in [-0.2, -0.15) is 0 Å². The molecule has 5 heteroatoms. The standard InChI is InChI=1S/C14H20N4S/c1-11(18-6-3-2-4-7-18)9-15-13-12-5-8-19-14(12)17-10-16-13/h5,8,10-11H,2-4,6-7,9H2,1H3,(H,15,16,17). The Morgan fingerprint density at radius 2 is 2.16 bits per heavy atom. The molecular weight excluding hydrogens is 256 g/mol. The third kappa shape index (κ3) is 2.87. The van der Waals surface area contributed by atoms with Crippen molar-refractivity contribution in [1.82, 2.24) is 14.9 Å².